The van der Waals surface area contributed by atoms with E-state index in [9.17, 15) is 4.79 Å². The normalized spacial score (nSPS) is 14.9. The Morgan fingerprint density at radius 1 is 1.27 bits per heavy atom. The molecule has 1 heterocycles. The summed E-state index contributed by atoms with van der Waals surface area (Å²) >= 11 is 0. The lowest BCUT2D eigenvalue weighted by Crippen LogP contribution is -2.26. The molecule has 22 heavy (non-hydrogen) atoms. The summed E-state index contributed by atoms with van der Waals surface area (Å²) in [6, 6.07) is 0. The Kier molecular flexibility index (Phi) is 6.52. The van der Waals surface area contributed by atoms with Crippen molar-refractivity contribution < 1.29 is 9.90 Å². The van der Waals surface area contributed by atoms with Crippen LogP contribution in [0.25, 0.3) is 0 Å². The second kappa shape index (κ2) is 8.63. The first-order chi connectivity index (χ1) is 10.7. The Morgan fingerprint density at radius 3 is 2.73 bits per heavy atom. The van der Waals surface area contributed by atoms with E-state index in [-0.39, 0.29) is 5.69 Å². The van der Waals surface area contributed by atoms with Crippen LogP contribution in [0, 0.1) is 0 Å². The highest BCUT2D eigenvalue weighted by Crippen LogP contribution is 2.20. The van der Waals surface area contributed by atoms with E-state index >= 15 is 0 Å². The maximum Gasteiger partial charge on any atom is 0.356 e. The van der Waals surface area contributed by atoms with Gasteiger partial charge in [0, 0.05) is 13.1 Å². The zero-order valence-electron chi connectivity index (χ0n) is 13.3. The SMILES string of the molecule is CCCN(CCC1=CCCCC1)Cc1cnc(C(=O)O)cn1. The number of rotatable bonds is 8. The molecule has 0 saturated carbocycles. The molecule has 0 saturated heterocycles. The highest BCUT2D eigenvalue weighted by Gasteiger charge is 2.11. The van der Waals surface area contributed by atoms with E-state index in [1.165, 1.54) is 31.9 Å². The fraction of sp³-hybridized carbons (Fsp3) is 0.588. The first-order valence-electron chi connectivity index (χ1n) is 8.13. The molecule has 2 rings (SSSR count). The summed E-state index contributed by atoms with van der Waals surface area (Å²) in [4.78, 5) is 21.3. The monoisotopic (exact) mass is 303 g/mol. The molecule has 1 N–H and O–H groups in total. The molecule has 1 aliphatic rings. The van der Waals surface area contributed by atoms with Gasteiger partial charge in [-0.15, -0.1) is 0 Å². The van der Waals surface area contributed by atoms with E-state index in [2.05, 4.69) is 27.9 Å². The third-order valence-electron chi connectivity index (χ3n) is 3.98. The maximum atomic E-state index is 10.8. The predicted octanol–water partition coefficient (Wildman–Crippen LogP) is 3.28. The van der Waals surface area contributed by atoms with Gasteiger partial charge in [-0.05, 0) is 45.1 Å². The molecule has 0 radical (unpaired) electrons. The minimum absolute atomic E-state index is 0.00171. The predicted molar refractivity (Wildman–Crippen MR) is 85.7 cm³/mol. The van der Waals surface area contributed by atoms with Crippen LogP contribution < -0.4 is 0 Å². The van der Waals surface area contributed by atoms with Gasteiger partial charge in [0.2, 0.25) is 0 Å². The lowest BCUT2D eigenvalue weighted by Gasteiger charge is -2.22. The number of aromatic nitrogens is 2. The lowest BCUT2D eigenvalue weighted by molar-refractivity contribution is 0.0690. The summed E-state index contributed by atoms with van der Waals surface area (Å²) in [5.41, 5.74) is 2.41. The maximum absolute atomic E-state index is 10.8. The molecule has 0 atom stereocenters. The number of carbonyl (C=O) groups is 1. The van der Waals surface area contributed by atoms with Crippen LogP contribution in [0.5, 0.6) is 0 Å². The molecule has 0 unspecified atom stereocenters. The average Bonchev–Trinajstić information content (AvgIpc) is 2.54. The van der Waals surface area contributed by atoms with Crippen LogP contribution in [0.4, 0.5) is 0 Å². The molecule has 120 valence electrons. The van der Waals surface area contributed by atoms with E-state index in [4.69, 9.17) is 5.11 Å². The van der Waals surface area contributed by atoms with Crippen molar-refractivity contribution in [2.24, 2.45) is 0 Å². The molecule has 1 aliphatic carbocycles. The summed E-state index contributed by atoms with van der Waals surface area (Å²) in [7, 11) is 0. The Balaban J connectivity index is 1.89. The van der Waals surface area contributed by atoms with Crippen molar-refractivity contribution in [1.82, 2.24) is 14.9 Å². The Hall–Kier alpha value is -1.75. The molecule has 0 amide bonds. The smallest absolute Gasteiger partial charge is 0.356 e. The van der Waals surface area contributed by atoms with E-state index in [1.54, 1.807) is 11.8 Å². The zero-order chi connectivity index (χ0) is 15.8. The largest absolute Gasteiger partial charge is 0.476 e. The summed E-state index contributed by atoms with van der Waals surface area (Å²) < 4.78 is 0. The molecule has 0 spiro atoms. The fourth-order valence-electron chi connectivity index (χ4n) is 2.80. The molecule has 5 nitrogen and oxygen atoms in total. The molecule has 5 heteroatoms. The number of carboxylic acids is 1. The number of hydrogen-bond donors (Lipinski definition) is 1. The molecule has 1 aromatic heterocycles. The number of carboxylic acid groups (broad SMARTS) is 1. The van der Waals surface area contributed by atoms with Gasteiger partial charge in [0.15, 0.2) is 5.69 Å². The third kappa shape index (κ3) is 5.22. The second-order valence-electron chi connectivity index (χ2n) is 5.83. The lowest BCUT2D eigenvalue weighted by atomic mass is 9.97. The van der Waals surface area contributed by atoms with Crippen molar-refractivity contribution in [2.45, 2.75) is 52.0 Å². The molecule has 0 aromatic carbocycles. The average molecular weight is 303 g/mol. The molecular formula is C17H25N3O2. The van der Waals surface area contributed by atoms with E-state index in [1.807, 2.05) is 0 Å². The highest BCUT2D eigenvalue weighted by molar-refractivity contribution is 5.84. The van der Waals surface area contributed by atoms with Crippen molar-refractivity contribution in [3.8, 4) is 0 Å². The van der Waals surface area contributed by atoms with Crippen LogP contribution >= 0.6 is 0 Å². The van der Waals surface area contributed by atoms with Crippen molar-refractivity contribution in [2.75, 3.05) is 13.1 Å². The molecule has 0 fully saturated rings. The molecular weight excluding hydrogens is 278 g/mol. The van der Waals surface area contributed by atoms with Gasteiger partial charge < -0.3 is 5.11 Å². The van der Waals surface area contributed by atoms with Gasteiger partial charge in [-0.3, -0.25) is 9.88 Å². The van der Waals surface area contributed by atoms with Crippen LogP contribution in [-0.2, 0) is 6.54 Å². The summed E-state index contributed by atoms with van der Waals surface area (Å²) in [6.45, 7) is 4.96. The Labute approximate surface area is 132 Å². The highest BCUT2D eigenvalue weighted by atomic mass is 16.4. The number of nitrogens with zero attached hydrogens (tertiary/aromatic N) is 3. The first kappa shape index (κ1) is 16.6. The molecule has 0 bridgehead atoms. The first-order valence-corrected chi connectivity index (χ1v) is 8.13. The standard InChI is InChI=1S/C17H25N3O2/c1-2-9-20(10-8-14-6-4-3-5-7-14)13-15-11-19-16(12-18-15)17(21)22/h6,11-12H,2-5,7-10,13H2,1H3,(H,21,22). The van der Waals surface area contributed by atoms with Crippen LogP contribution in [0.2, 0.25) is 0 Å². The minimum atomic E-state index is -1.03. The van der Waals surface area contributed by atoms with Gasteiger partial charge in [-0.2, -0.15) is 0 Å². The van der Waals surface area contributed by atoms with Crippen LogP contribution in [0.15, 0.2) is 24.0 Å². The van der Waals surface area contributed by atoms with Crippen molar-refractivity contribution in [3.63, 3.8) is 0 Å². The van der Waals surface area contributed by atoms with Gasteiger partial charge in [-0.25, -0.2) is 9.78 Å². The van der Waals surface area contributed by atoms with Crippen LogP contribution in [-0.4, -0.2) is 39.0 Å². The van der Waals surface area contributed by atoms with Gasteiger partial charge in [0.25, 0.3) is 0 Å². The van der Waals surface area contributed by atoms with Gasteiger partial charge in [0.1, 0.15) is 0 Å². The molecule has 1 aromatic rings. The van der Waals surface area contributed by atoms with E-state index < -0.39 is 5.97 Å². The zero-order valence-corrected chi connectivity index (χ0v) is 13.3. The summed E-state index contributed by atoms with van der Waals surface area (Å²) in [5, 5.41) is 8.85. The van der Waals surface area contributed by atoms with Crippen molar-refractivity contribution >= 4 is 5.97 Å². The second-order valence-corrected chi connectivity index (χ2v) is 5.83. The Morgan fingerprint density at radius 2 is 2.14 bits per heavy atom. The van der Waals surface area contributed by atoms with Gasteiger partial charge in [0.05, 0.1) is 18.1 Å². The fourth-order valence-corrected chi connectivity index (χ4v) is 2.80. The third-order valence-corrected chi connectivity index (χ3v) is 3.98. The number of allylic oxidation sites excluding steroid dienone is 1. The minimum Gasteiger partial charge on any atom is -0.476 e. The molecule has 0 aliphatic heterocycles. The van der Waals surface area contributed by atoms with Gasteiger partial charge >= 0.3 is 5.97 Å². The topological polar surface area (TPSA) is 66.3 Å². The van der Waals surface area contributed by atoms with Crippen LogP contribution in [0.3, 0.4) is 0 Å². The van der Waals surface area contributed by atoms with Crippen LogP contribution in [0.1, 0.15) is 61.6 Å². The number of hydrogen-bond acceptors (Lipinski definition) is 4. The summed E-state index contributed by atoms with van der Waals surface area (Å²) in [6.07, 6.45) is 12.7. The van der Waals surface area contributed by atoms with E-state index in [0.717, 1.165) is 38.2 Å². The van der Waals surface area contributed by atoms with Crippen molar-refractivity contribution in [1.29, 1.82) is 0 Å². The Bertz CT molecular complexity index is 511. The van der Waals surface area contributed by atoms with Crippen molar-refractivity contribution in [3.05, 3.63) is 35.4 Å². The number of aromatic carboxylic acids is 1. The van der Waals surface area contributed by atoms with Gasteiger partial charge in [-0.1, -0.05) is 18.6 Å². The van der Waals surface area contributed by atoms with E-state index in [0.29, 0.717) is 0 Å². The quantitative estimate of drug-likeness (QED) is 0.747. The summed E-state index contributed by atoms with van der Waals surface area (Å²) in [5.74, 6) is -1.03.